The van der Waals surface area contributed by atoms with Crippen LogP contribution in [-0.2, 0) is 4.74 Å². The zero-order valence-electron chi connectivity index (χ0n) is 10.5. The first-order valence-corrected chi connectivity index (χ1v) is 6.82. The quantitative estimate of drug-likeness (QED) is 0.674. The van der Waals surface area contributed by atoms with Gasteiger partial charge in [-0.15, -0.1) is 0 Å². The van der Waals surface area contributed by atoms with E-state index in [0.29, 0.717) is 11.0 Å². The third kappa shape index (κ3) is 2.55. The Morgan fingerprint density at radius 2 is 1.93 bits per heavy atom. The van der Waals surface area contributed by atoms with E-state index in [2.05, 4.69) is 13.8 Å². The van der Waals surface area contributed by atoms with Crippen molar-refractivity contribution in [1.29, 1.82) is 0 Å². The molecule has 0 aromatic rings. The molecule has 1 unspecified atom stereocenters. The lowest BCUT2D eigenvalue weighted by molar-refractivity contribution is -0.0657. The molecule has 0 bridgehead atoms. The average molecular weight is 210 g/mol. The molecule has 0 aromatic carbocycles. The van der Waals surface area contributed by atoms with Gasteiger partial charge in [0.15, 0.2) is 0 Å². The summed E-state index contributed by atoms with van der Waals surface area (Å²) in [7, 11) is 0. The van der Waals surface area contributed by atoms with Crippen molar-refractivity contribution >= 4 is 0 Å². The molecule has 1 heteroatoms. The average Bonchev–Trinajstić information content (AvgIpc) is 2.63. The van der Waals surface area contributed by atoms with Gasteiger partial charge in [-0.1, -0.05) is 33.1 Å². The molecule has 1 heterocycles. The Morgan fingerprint density at radius 3 is 2.60 bits per heavy atom. The molecule has 2 atom stereocenters. The van der Waals surface area contributed by atoms with Crippen molar-refractivity contribution in [3.8, 4) is 0 Å². The van der Waals surface area contributed by atoms with Crippen LogP contribution in [0.3, 0.4) is 0 Å². The largest absolute Gasteiger partial charge is 0.375 e. The number of ether oxygens (including phenoxy) is 1. The predicted octanol–water partition coefficient (Wildman–Crippen LogP) is 4.31. The predicted molar refractivity (Wildman–Crippen MR) is 64.0 cm³/mol. The van der Waals surface area contributed by atoms with Gasteiger partial charge in [0.2, 0.25) is 0 Å². The lowest BCUT2D eigenvalue weighted by Crippen LogP contribution is -2.39. The summed E-state index contributed by atoms with van der Waals surface area (Å²) >= 11 is 0. The second-order valence-corrected chi connectivity index (χ2v) is 6.08. The minimum Gasteiger partial charge on any atom is -0.375 e. The van der Waals surface area contributed by atoms with E-state index < -0.39 is 0 Å². The molecule has 2 rings (SSSR count). The van der Waals surface area contributed by atoms with E-state index in [4.69, 9.17) is 4.74 Å². The fourth-order valence-electron chi connectivity index (χ4n) is 3.70. The zero-order chi connectivity index (χ0) is 10.8. The highest BCUT2D eigenvalue weighted by atomic mass is 16.5. The van der Waals surface area contributed by atoms with Gasteiger partial charge in [-0.05, 0) is 43.9 Å². The highest BCUT2D eigenvalue weighted by molar-refractivity contribution is 4.95. The van der Waals surface area contributed by atoms with Gasteiger partial charge in [0.05, 0.1) is 5.60 Å². The molecule has 1 spiro atoms. The summed E-state index contributed by atoms with van der Waals surface area (Å²) in [5.41, 5.74) is 0.888. The fourth-order valence-corrected chi connectivity index (χ4v) is 3.70. The molecule has 0 radical (unpaired) electrons. The number of rotatable bonds is 3. The molecule has 1 saturated carbocycles. The first-order chi connectivity index (χ1) is 7.18. The second kappa shape index (κ2) is 4.45. The summed E-state index contributed by atoms with van der Waals surface area (Å²) in [4.78, 5) is 0. The molecule has 1 aliphatic heterocycles. The van der Waals surface area contributed by atoms with Gasteiger partial charge >= 0.3 is 0 Å². The Labute approximate surface area is 94.6 Å². The van der Waals surface area contributed by atoms with Crippen LogP contribution in [0.25, 0.3) is 0 Å². The van der Waals surface area contributed by atoms with Gasteiger partial charge in [-0.25, -0.2) is 0 Å². The van der Waals surface area contributed by atoms with Gasteiger partial charge in [0, 0.05) is 6.61 Å². The zero-order valence-corrected chi connectivity index (χ0v) is 10.5. The van der Waals surface area contributed by atoms with E-state index in [-0.39, 0.29) is 0 Å². The van der Waals surface area contributed by atoms with E-state index in [0.717, 1.165) is 6.61 Å². The molecule has 1 aliphatic carbocycles. The molecule has 2 fully saturated rings. The molecule has 0 N–H and O–H groups in total. The van der Waals surface area contributed by atoms with Gasteiger partial charge in [0.1, 0.15) is 0 Å². The summed E-state index contributed by atoms with van der Waals surface area (Å²) < 4.78 is 6.06. The second-order valence-electron chi connectivity index (χ2n) is 6.08. The highest BCUT2D eigenvalue weighted by Crippen LogP contribution is 2.49. The lowest BCUT2D eigenvalue weighted by atomic mass is 9.66. The Hall–Kier alpha value is -0.0400. The van der Waals surface area contributed by atoms with Crippen molar-refractivity contribution in [3.63, 3.8) is 0 Å². The lowest BCUT2D eigenvalue weighted by Gasteiger charge is -2.44. The number of hydrogen-bond acceptors (Lipinski definition) is 1. The van der Waals surface area contributed by atoms with Crippen LogP contribution in [0.2, 0.25) is 0 Å². The van der Waals surface area contributed by atoms with Crippen LogP contribution in [-0.4, -0.2) is 12.2 Å². The minimum atomic E-state index is 0.306. The molecule has 0 amide bonds. The maximum Gasteiger partial charge on any atom is 0.0688 e. The molecule has 0 aromatic heterocycles. The number of unbranched alkanes of at least 4 members (excludes halogenated alkanes) is 1. The third-order valence-electron chi connectivity index (χ3n) is 4.48. The summed E-state index contributed by atoms with van der Waals surface area (Å²) in [5, 5.41) is 0. The Balaban J connectivity index is 1.96. The van der Waals surface area contributed by atoms with Crippen LogP contribution in [0.1, 0.15) is 71.6 Å². The Bertz CT molecular complexity index is 205. The third-order valence-corrected chi connectivity index (χ3v) is 4.48. The Morgan fingerprint density at radius 1 is 1.13 bits per heavy atom. The Kier molecular flexibility index (Phi) is 3.39. The van der Waals surface area contributed by atoms with Gasteiger partial charge in [0.25, 0.3) is 0 Å². The molecule has 1 saturated heterocycles. The minimum absolute atomic E-state index is 0.306. The van der Waals surface area contributed by atoms with Crippen molar-refractivity contribution in [1.82, 2.24) is 0 Å². The van der Waals surface area contributed by atoms with E-state index in [1.54, 1.807) is 0 Å². The molecule has 2 aliphatic rings. The summed E-state index contributed by atoms with van der Waals surface area (Å²) in [6.45, 7) is 5.81. The van der Waals surface area contributed by atoms with Crippen molar-refractivity contribution in [3.05, 3.63) is 0 Å². The van der Waals surface area contributed by atoms with Crippen LogP contribution >= 0.6 is 0 Å². The first kappa shape index (κ1) is 11.4. The van der Waals surface area contributed by atoms with Crippen molar-refractivity contribution in [2.75, 3.05) is 6.61 Å². The van der Waals surface area contributed by atoms with Crippen LogP contribution in [0, 0.1) is 5.41 Å². The van der Waals surface area contributed by atoms with Gasteiger partial charge < -0.3 is 4.74 Å². The van der Waals surface area contributed by atoms with Crippen LogP contribution in [0.5, 0.6) is 0 Å². The monoisotopic (exact) mass is 210 g/mol. The SMILES string of the molecule is CCCC[C@@]1(C)CCCC2(CCCO2)C1. The van der Waals surface area contributed by atoms with E-state index >= 15 is 0 Å². The molecule has 88 valence electrons. The van der Waals surface area contributed by atoms with Crippen LogP contribution < -0.4 is 0 Å². The summed E-state index contributed by atoms with van der Waals surface area (Å²) in [5.74, 6) is 0. The molecule has 1 nitrogen and oxygen atoms in total. The van der Waals surface area contributed by atoms with Crippen LogP contribution in [0.4, 0.5) is 0 Å². The summed E-state index contributed by atoms with van der Waals surface area (Å²) in [6, 6.07) is 0. The first-order valence-electron chi connectivity index (χ1n) is 6.82. The van der Waals surface area contributed by atoms with Gasteiger partial charge in [-0.2, -0.15) is 0 Å². The summed E-state index contributed by atoms with van der Waals surface area (Å²) in [6.07, 6.45) is 12.2. The highest BCUT2D eigenvalue weighted by Gasteiger charge is 2.44. The topological polar surface area (TPSA) is 9.23 Å². The standard InChI is InChI=1S/C14H26O/c1-3-4-7-13(2)8-5-9-14(12-13)10-6-11-15-14/h3-12H2,1-2H3/t13-,14?/m0/s1. The maximum atomic E-state index is 6.06. The van der Waals surface area contributed by atoms with Gasteiger partial charge in [-0.3, -0.25) is 0 Å². The van der Waals surface area contributed by atoms with Crippen molar-refractivity contribution in [2.24, 2.45) is 5.41 Å². The van der Waals surface area contributed by atoms with Crippen LogP contribution in [0.15, 0.2) is 0 Å². The molecule has 15 heavy (non-hydrogen) atoms. The van der Waals surface area contributed by atoms with E-state index in [1.807, 2.05) is 0 Å². The molecular formula is C14H26O. The smallest absolute Gasteiger partial charge is 0.0688 e. The van der Waals surface area contributed by atoms with Crippen molar-refractivity contribution in [2.45, 2.75) is 77.2 Å². The molecular weight excluding hydrogens is 184 g/mol. The van der Waals surface area contributed by atoms with E-state index in [1.165, 1.54) is 57.8 Å². The fraction of sp³-hybridized carbons (Fsp3) is 1.00. The number of hydrogen-bond donors (Lipinski definition) is 0. The van der Waals surface area contributed by atoms with E-state index in [9.17, 15) is 0 Å². The van der Waals surface area contributed by atoms with Crippen molar-refractivity contribution < 1.29 is 4.74 Å². The normalized spacial score (nSPS) is 41.2. The maximum absolute atomic E-state index is 6.06.